The highest BCUT2D eigenvalue weighted by Crippen LogP contribution is 2.02. The number of carboxylic acid groups (broad SMARTS) is 2. The fourth-order valence-electron chi connectivity index (χ4n) is 1.64. The highest BCUT2D eigenvalue weighted by atomic mass is 16.4. The van der Waals surface area contributed by atoms with Crippen molar-refractivity contribution in [1.29, 1.82) is 0 Å². The van der Waals surface area contributed by atoms with Crippen LogP contribution in [0.25, 0.3) is 0 Å². The average Bonchev–Trinajstić information content (AvgIpc) is 2.33. The molecule has 0 fully saturated rings. The number of hydrogen-bond acceptors (Lipinski definition) is 3. The van der Waals surface area contributed by atoms with E-state index >= 15 is 0 Å². The van der Waals surface area contributed by atoms with Gasteiger partial charge in [-0.3, -0.25) is 4.79 Å². The predicted molar refractivity (Wildman–Crippen MR) is 68.9 cm³/mol. The van der Waals surface area contributed by atoms with Gasteiger partial charge >= 0.3 is 18.0 Å². The summed E-state index contributed by atoms with van der Waals surface area (Å²) >= 11 is 0. The molecule has 4 N–H and O–H groups in total. The van der Waals surface area contributed by atoms with Crippen molar-refractivity contribution in [3.05, 3.63) is 0 Å². The molecule has 0 radical (unpaired) electrons. The van der Waals surface area contributed by atoms with Gasteiger partial charge < -0.3 is 20.8 Å². The first-order valence-corrected chi connectivity index (χ1v) is 6.42. The molecule has 0 rings (SSSR count). The first kappa shape index (κ1) is 17.2. The van der Waals surface area contributed by atoms with Crippen molar-refractivity contribution in [2.45, 2.75) is 58.0 Å². The summed E-state index contributed by atoms with van der Waals surface area (Å²) in [5.74, 6) is -2.33. The van der Waals surface area contributed by atoms with E-state index in [1.165, 1.54) is 0 Å². The van der Waals surface area contributed by atoms with Gasteiger partial charge in [-0.15, -0.1) is 0 Å². The summed E-state index contributed by atoms with van der Waals surface area (Å²) in [6.07, 6.45) is 2.05. The summed E-state index contributed by atoms with van der Waals surface area (Å²) < 4.78 is 0. The van der Waals surface area contributed by atoms with Gasteiger partial charge in [0.2, 0.25) is 0 Å². The minimum atomic E-state index is -1.24. The molecule has 110 valence electrons. The zero-order chi connectivity index (χ0) is 14.8. The van der Waals surface area contributed by atoms with Crippen LogP contribution in [0.2, 0.25) is 0 Å². The van der Waals surface area contributed by atoms with E-state index in [4.69, 9.17) is 10.2 Å². The van der Waals surface area contributed by atoms with E-state index in [1.54, 1.807) is 0 Å². The number of carboxylic acids is 2. The molecule has 0 aliphatic heterocycles. The monoisotopic (exact) mass is 274 g/mol. The summed E-state index contributed by atoms with van der Waals surface area (Å²) in [5.41, 5.74) is 0. The normalized spacial score (nSPS) is 13.4. The molecule has 0 bridgehead atoms. The average molecular weight is 274 g/mol. The summed E-state index contributed by atoms with van der Waals surface area (Å²) in [6, 6.07) is -1.76. The summed E-state index contributed by atoms with van der Waals surface area (Å²) in [7, 11) is 0. The lowest BCUT2D eigenvalue weighted by Gasteiger charge is -2.19. The maximum absolute atomic E-state index is 11.6. The van der Waals surface area contributed by atoms with Crippen LogP contribution in [0.1, 0.15) is 46.0 Å². The Morgan fingerprint density at radius 2 is 1.68 bits per heavy atom. The summed E-state index contributed by atoms with van der Waals surface area (Å²) in [4.78, 5) is 32.9. The van der Waals surface area contributed by atoms with Crippen LogP contribution in [0.3, 0.4) is 0 Å². The topological polar surface area (TPSA) is 116 Å². The van der Waals surface area contributed by atoms with Crippen molar-refractivity contribution in [3.8, 4) is 0 Å². The van der Waals surface area contributed by atoms with Crippen LogP contribution in [0, 0.1) is 0 Å². The number of carbonyl (C=O) groups excluding carboxylic acids is 1. The molecule has 0 aromatic rings. The number of rotatable bonds is 9. The Bertz CT molecular complexity index is 319. The first-order chi connectivity index (χ1) is 8.90. The Labute approximate surface area is 112 Å². The smallest absolute Gasteiger partial charge is 0.326 e. The van der Waals surface area contributed by atoms with E-state index < -0.39 is 24.0 Å². The van der Waals surface area contributed by atoms with Gasteiger partial charge in [0.05, 0.1) is 0 Å². The number of carbonyl (C=O) groups is 3. The number of nitrogens with one attached hydrogen (secondary N) is 2. The highest BCUT2D eigenvalue weighted by Gasteiger charge is 2.21. The quantitative estimate of drug-likeness (QED) is 0.504. The predicted octanol–water partition coefficient (Wildman–Crippen LogP) is 1.18. The van der Waals surface area contributed by atoms with Crippen LogP contribution in [-0.4, -0.2) is 40.3 Å². The van der Waals surface area contributed by atoms with Crippen LogP contribution >= 0.6 is 0 Å². The molecule has 0 spiro atoms. The SMILES string of the molecule is CCCC(CC)NC(=O)NC(CCC(=O)O)C(=O)O. The van der Waals surface area contributed by atoms with E-state index in [0.717, 1.165) is 19.3 Å². The number of amides is 2. The second-order valence-electron chi connectivity index (χ2n) is 4.33. The summed E-state index contributed by atoms with van der Waals surface area (Å²) in [5, 5.41) is 22.4. The Morgan fingerprint density at radius 3 is 2.11 bits per heavy atom. The fourth-order valence-corrected chi connectivity index (χ4v) is 1.64. The lowest BCUT2D eigenvalue weighted by molar-refractivity contribution is -0.140. The van der Waals surface area contributed by atoms with E-state index in [-0.39, 0.29) is 18.9 Å². The molecule has 0 aromatic carbocycles. The Hall–Kier alpha value is -1.79. The molecule has 2 amide bonds. The highest BCUT2D eigenvalue weighted by molar-refractivity contribution is 5.83. The third-order valence-electron chi connectivity index (χ3n) is 2.72. The van der Waals surface area contributed by atoms with Crippen LogP contribution in [-0.2, 0) is 9.59 Å². The second-order valence-corrected chi connectivity index (χ2v) is 4.33. The van der Waals surface area contributed by atoms with Gasteiger partial charge in [-0.25, -0.2) is 9.59 Å². The van der Waals surface area contributed by atoms with Crippen LogP contribution in [0.5, 0.6) is 0 Å². The number of aliphatic carboxylic acids is 2. The van der Waals surface area contributed by atoms with Gasteiger partial charge in [0.25, 0.3) is 0 Å². The molecule has 0 heterocycles. The standard InChI is InChI=1S/C12H22N2O5/c1-3-5-8(4-2)13-12(19)14-9(11(17)18)6-7-10(15)16/h8-9H,3-7H2,1-2H3,(H,15,16)(H,17,18)(H2,13,14,19). The first-order valence-electron chi connectivity index (χ1n) is 6.42. The Kier molecular flexibility index (Phi) is 8.32. The van der Waals surface area contributed by atoms with Crippen molar-refractivity contribution >= 4 is 18.0 Å². The molecule has 0 aromatic heterocycles. The van der Waals surface area contributed by atoms with Gasteiger partial charge in [0.1, 0.15) is 6.04 Å². The van der Waals surface area contributed by atoms with Gasteiger partial charge in [-0.05, 0) is 19.3 Å². The molecule has 19 heavy (non-hydrogen) atoms. The molecule has 0 saturated heterocycles. The van der Waals surface area contributed by atoms with E-state index in [9.17, 15) is 14.4 Å². The second kappa shape index (κ2) is 9.18. The molecule has 2 atom stereocenters. The van der Waals surface area contributed by atoms with Gasteiger partial charge in [-0.1, -0.05) is 20.3 Å². The van der Waals surface area contributed by atoms with Crippen molar-refractivity contribution in [3.63, 3.8) is 0 Å². The molecule has 2 unspecified atom stereocenters. The van der Waals surface area contributed by atoms with E-state index in [2.05, 4.69) is 10.6 Å². The maximum Gasteiger partial charge on any atom is 0.326 e. The Morgan fingerprint density at radius 1 is 1.05 bits per heavy atom. The van der Waals surface area contributed by atoms with Gasteiger partial charge in [0.15, 0.2) is 0 Å². The van der Waals surface area contributed by atoms with Crippen molar-refractivity contribution < 1.29 is 24.6 Å². The van der Waals surface area contributed by atoms with Gasteiger partial charge in [-0.2, -0.15) is 0 Å². The zero-order valence-corrected chi connectivity index (χ0v) is 11.3. The van der Waals surface area contributed by atoms with Crippen LogP contribution in [0.4, 0.5) is 4.79 Å². The third kappa shape index (κ3) is 8.01. The fraction of sp³-hybridized carbons (Fsp3) is 0.750. The number of hydrogen-bond donors (Lipinski definition) is 4. The third-order valence-corrected chi connectivity index (χ3v) is 2.72. The van der Waals surface area contributed by atoms with Crippen LogP contribution < -0.4 is 10.6 Å². The molecule has 0 aliphatic carbocycles. The lowest BCUT2D eigenvalue weighted by Crippen LogP contribution is -2.49. The zero-order valence-electron chi connectivity index (χ0n) is 11.3. The Balaban J connectivity index is 4.30. The molecule has 0 aliphatic rings. The lowest BCUT2D eigenvalue weighted by atomic mass is 10.1. The minimum Gasteiger partial charge on any atom is -0.481 e. The molecular weight excluding hydrogens is 252 g/mol. The summed E-state index contributed by atoms with van der Waals surface area (Å²) in [6.45, 7) is 3.93. The molecule has 0 saturated carbocycles. The maximum atomic E-state index is 11.6. The van der Waals surface area contributed by atoms with Crippen molar-refractivity contribution in [1.82, 2.24) is 10.6 Å². The van der Waals surface area contributed by atoms with E-state index in [1.807, 2.05) is 13.8 Å². The van der Waals surface area contributed by atoms with E-state index in [0.29, 0.717) is 0 Å². The minimum absolute atomic E-state index is 0.00100. The molecule has 7 heteroatoms. The number of urea groups is 1. The molecular formula is C12H22N2O5. The molecule has 7 nitrogen and oxygen atoms in total. The van der Waals surface area contributed by atoms with Gasteiger partial charge in [0, 0.05) is 12.5 Å². The van der Waals surface area contributed by atoms with Crippen molar-refractivity contribution in [2.75, 3.05) is 0 Å². The van der Waals surface area contributed by atoms with Crippen molar-refractivity contribution in [2.24, 2.45) is 0 Å². The largest absolute Gasteiger partial charge is 0.481 e. The van der Waals surface area contributed by atoms with Crippen LogP contribution in [0.15, 0.2) is 0 Å².